The van der Waals surface area contributed by atoms with E-state index in [9.17, 15) is 9.59 Å². The zero-order valence-corrected chi connectivity index (χ0v) is 18.0. The van der Waals surface area contributed by atoms with Crippen LogP contribution in [0.25, 0.3) is 5.57 Å². The molecule has 1 N–H and O–H groups in total. The number of ether oxygens (including phenoxy) is 3. The van der Waals surface area contributed by atoms with Crippen LogP contribution < -0.4 is 14.8 Å². The molecule has 0 radical (unpaired) electrons. The molecule has 2 rings (SSSR count). The van der Waals surface area contributed by atoms with Gasteiger partial charge in [-0.15, -0.1) is 0 Å². The molecule has 0 aromatic heterocycles. The van der Waals surface area contributed by atoms with E-state index in [2.05, 4.69) is 5.32 Å². The zero-order chi connectivity index (χ0) is 21.6. The van der Waals surface area contributed by atoms with Gasteiger partial charge < -0.3 is 19.5 Å². The summed E-state index contributed by atoms with van der Waals surface area (Å²) in [5.74, 6) is -0.346. The van der Waals surface area contributed by atoms with Gasteiger partial charge in [0, 0.05) is 18.2 Å². The molecule has 2 aromatic carbocycles. The first-order chi connectivity index (χ1) is 13.8. The minimum absolute atomic E-state index is 0.138. The Bertz CT molecular complexity index is 956. The van der Waals surface area contributed by atoms with Crippen LogP contribution in [-0.4, -0.2) is 33.2 Å². The van der Waals surface area contributed by atoms with Gasteiger partial charge in [-0.05, 0) is 29.7 Å². The lowest BCUT2D eigenvalue weighted by atomic mass is 10.0. The molecule has 8 heteroatoms. The highest BCUT2D eigenvalue weighted by Crippen LogP contribution is 2.34. The Morgan fingerprint density at radius 2 is 1.66 bits per heavy atom. The molecule has 29 heavy (non-hydrogen) atoms. The van der Waals surface area contributed by atoms with Gasteiger partial charge in [0.15, 0.2) is 11.5 Å². The summed E-state index contributed by atoms with van der Waals surface area (Å²) < 4.78 is 15.3. The van der Waals surface area contributed by atoms with Gasteiger partial charge in [0.25, 0.3) is 0 Å². The number of esters is 1. The summed E-state index contributed by atoms with van der Waals surface area (Å²) >= 11 is 12.0. The number of rotatable bonds is 7. The SMILES string of the molecule is CC/C(=C/C(=O)Nc1cc(OC)c(OC)cc1C(=O)OC)c1ccc(Cl)c(Cl)c1. The largest absolute Gasteiger partial charge is 0.493 e. The molecule has 0 aliphatic rings. The van der Waals surface area contributed by atoms with Gasteiger partial charge in [-0.1, -0.05) is 36.2 Å². The van der Waals surface area contributed by atoms with Crippen LogP contribution in [0.4, 0.5) is 5.69 Å². The zero-order valence-electron chi connectivity index (χ0n) is 16.5. The molecule has 0 heterocycles. The molecule has 0 aliphatic heterocycles. The normalized spacial score (nSPS) is 11.0. The maximum Gasteiger partial charge on any atom is 0.340 e. The van der Waals surface area contributed by atoms with E-state index in [0.717, 1.165) is 11.1 Å². The maximum absolute atomic E-state index is 12.7. The second-order valence-corrected chi connectivity index (χ2v) is 6.70. The van der Waals surface area contributed by atoms with E-state index < -0.39 is 11.9 Å². The quantitative estimate of drug-likeness (QED) is 0.474. The minimum Gasteiger partial charge on any atom is -0.493 e. The van der Waals surface area contributed by atoms with Crippen molar-refractivity contribution in [1.29, 1.82) is 0 Å². The van der Waals surface area contributed by atoms with E-state index >= 15 is 0 Å². The Hall–Kier alpha value is -2.70. The number of anilines is 1. The molecule has 154 valence electrons. The fourth-order valence-corrected chi connectivity index (χ4v) is 2.97. The third kappa shape index (κ3) is 5.43. The highest BCUT2D eigenvalue weighted by molar-refractivity contribution is 6.42. The van der Waals surface area contributed by atoms with Crippen LogP contribution in [0.2, 0.25) is 10.0 Å². The van der Waals surface area contributed by atoms with Crippen LogP contribution in [-0.2, 0) is 9.53 Å². The lowest BCUT2D eigenvalue weighted by Crippen LogP contribution is -2.14. The lowest BCUT2D eigenvalue weighted by molar-refractivity contribution is -0.111. The summed E-state index contributed by atoms with van der Waals surface area (Å²) in [5, 5.41) is 3.54. The van der Waals surface area contributed by atoms with E-state index in [4.69, 9.17) is 37.4 Å². The van der Waals surface area contributed by atoms with E-state index in [1.54, 1.807) is 18.2 Å². The van der Waals surface area contributed by atoms with Gasteiger partial charge in [0.05, 0.1) is 42.6 Å². The number of halogens is 2. The van der Waals surface area contributed by atoms with Crippen molar-refractivity contribution in [2.75, 3.05) is 26.6 Å². The number of nitrogens with one attached hydrogen (secondary N) is 1. The van der Waals surface area contributed by atoms with Gasteiger partial charge in [-0.3, -0.25) is 4.79 Å². The second-order valence-electron chi connectivity index (χ2n) is 5.89. The van der Waals surface area contributed by atoms with Crippen LogP contribution in [0, 0.1) is 0 Å². The summed E-state index contributed by atoms with van der Waals surface area (Å²) in [5.41, 5.74) is 1.90. The first-order valence-electron chi connectivity index (χ1n) is 8.65. The Balaban J connectivity index is 2.40. The number of methoxy groups -OCH3 is 3. The van der Waals surface area contributed by atoms with Crippen molar-refractivity contribution in [2.24, 2.45) is 0 Å². The Morgan fingerprint density at radius 1 is 1.00 bits per heavy atom. The summed E-state index contributed by atoms with van der Waals surface area (Å²) in [7, 11) is 4.16. The van der Waals surface area contributed by atoms with Crippen molar-refractivity contribution >= 4 is 46.3 Å². The first-order valence-corrected chi connectivity index (χ1v) is 9.41. The fourth-order valence-electron chi connectivity index (χ4n) is 2.67. The molecule has 0 fully saturated rings. The van der Waals surface area contributed by atoms with E-state index in [1.165, 1.54) is 39.5 Å². The van der Waals surface area contributed by atoms with Crippen LogP contribution in [0.5, 0.6) is 11.5 Å². The van der Waals surface area contributed by atoms with Crippen molar-refractivity contribution in [1.82, 2.24) is 0 Å². The third-order valence-electron chi connectivity index (χ3n) is 4.16. The number of amides is 1. The first kappa shape index (κ1) is 22.6. The average Bonchev–Trinajstić information content (AvgIpc) is 2.73. The molecular formula is C21H21Cl2NO5. The Morgan fingerprint density at radius 3 is 2.21 bits per heavy atom. The third-order valence-corrected chi connectivity index (χ3v) is 4.90. The molecule has 6 nitrogen and oxygen atoms in total. The fraction of sp³-hybridized carbons (Fsp3) is 0.238. The molecule has 0 saturated carbocycles. The number of allylic oxidation sites excluding steroid dienone is 1. The second kappa shape index (κ2) is 10.2. The summed E-state index contributed by atoms with van der Waals surface area (Å²) in [6, 6.07) is 8.10. The lowest BCUT2D eigenvalue weighted by Gasteiger charge is -2.14. The van der Waals surface area contributed by atoms with E-state index in [-0.39, 0.29) is 11.3 Å². The van der Waals surface area contributed by atoms with Crippen LogP contribution in [0.1, 0.15) is 29.3 Å². The average molecular weight is 438 g/mol. The van der Waals surface area contributed by atoms with E-state index in [0.29, 0.717) is 28.0 Å². The van der Waals surface area contributed by atoms with Gasteiger partial charge in [-0.2, -0.15) is 0 Å². The van der Waals surface area contributed by atoms with Crippen molar-refractivity contribution in [3.63, 3.8) is 0 Å². The molecular weight excluding hydrogens is 417 g/mol. The number of carbonyl (C=O) groups excluding carboxylic acids is 2. The van der Waals surface area contributed by atoms with Gasteiger partial charge in [0.2, 0.25) is 5.91 Å². The monoisotopic (exact) mass is 437 g/mol. The predicted octanol–water partition coefficient (Wildman–Crippen LogP) is 5.23. The van der Waals surface area contributed by atoms with Gasteiger partial charge in [-0.25, -0.2) is 4.79 Å². The molecule has 0 aliphatic carbocycles. The number of carbonyl (C=O) groups is 2. The molecule has 1 amide bonds. The smallest absolute Gasteiger partial charge is 0.340 e. The summed E-state index contributed by atoms with van der Waals surface area (Å²) in [4.78, 5) is 24.8. The highest BCUT2D eigenvalue weighted by atomic mass is 35.5. The molecule has 2 aromatic rings. The van der Waals surface area contributed by atoms with Crippen molar-refractivity contribution in [3.8, 4) is 11.5 Å². The molecule has 0 bridgehead atoms. The topological polar surface area (TPSA) is 73.9 Å². The van der Waals surface area contributed by atoms with Gasteiger partial charge in [0.1, 0.15) is 0 Å². The van der Waals surface area contributed by atoms with Crippen LogP contribution in [0.15, 0.2) is 36.4 Å². The summed E-state index contributed by atoms with van der Waals surface area (Å²) in [6.07, 6.45) is 2.03. The molecule has 0 spiro atoms. The molecule has 0 atom stereocenters. The van der Waals surface area contributed by atoms with Crippen molar-refractivity contribution in [3.05, 3.63) is 57.6 Å². The summed E-state index contributed by atoms with van der Waals surface area (Å²) in [6.45, 7) is 1.91. The van der Waals surface area contributed by atoms with Crippen molar-refractivity contribution in [2.45, 2.75) is 13.3 Å². The molecule has 0 saturated heterocycles. The standard InChI is InChI=1S/C21H21Cl2NO5/c1-5-12(13-6-7-15(22)16(23)8-13)9-20(25)24-17-11-19(28-3)18(27-2)10-14(17)21(26)29-4/h6-11H,5H2,1-4H3,(H,24,25)/b12-9-. The van der Waals surface area contributed by atoms with Crippen LogP contribution >= 0.6 is 23.2 Å². The van der Waals surface area contributed by atoms with E-state index in [1.807, 2.05) is 6.92 Å². The van der Waals surface area contributed by atoms with Crippen molar-refractivity contribution < 1.29 is 23.8 Å². The highest BCUT2D eigenvalue weighted by Gasteiger charge is 2.19. The van der Waals surface area contributed by atoms with Crippen LogP contribution in [0.3, 0.4) is 0 Å². The Labute approximate surface area is 179 Å². The van der Waals surface area contributed by atoms with Gasteiger partial charge >= 0.3 is 5.97 Å². The Kier molecular flexibility index (Phi) is 7.93. The number of benzene rings is 2. The maximum atomic E-state index is 12.7. The number of hydrogen-bond donors (Lipinski definition) is 1. The predicted molar refractivity (Wildman–Crippen MR) is 114 cm³/mol. The number of hydrogen-bond acceptors (Lipinski definition) is 5. The minimum atomic E-state index is -0.620. The molecule has 0 unspecified atom stereocenters.